The van der Waals surface area contributed by atoms with E-state index in [9.17, 15) is 4.79 Å². The zero-order valence-corrected chi connectivity index (χ0v) is 17.9. The van der Waals surface area contributed by atoms with Crippen molar-refractivity contribution < 1.29 is 4.79 Å². The quantitative estimate of drug-likeness (QED) is 0.585. The van der Waals surface area contributed by atoms with Gasteiger partial charge >= 0.3 is 0 Å². The van der Waals surface area contributed by atoms with E-state index in [1.807, 2.05) is 24.3 Å². The minimum atomic E-state index is -0.164. The average Bonchev–Trinajstić information content (AvgIpc) is 3.24. The first-order valence-electron chi connectivity index (χ1n) is 10.1. The molecule has 6 heteroatoms. The Morgan fingerprint density at radius 1 is 1.00 bits per heavy atom. The van der Waals surface area contributed by atoms with E-state index in [1.54, 1.807) is 11.0 Å². The fraction of sp³-hybridized carbons (Fsp3) is 0.348. The molecule has 0 aliphatic heterocycles. The highest BCUT2D eigenvalue weighted by Crippen LogP contribution is 2.32. The van der Waals surface area contributed by atoms with Gasteiger partial charge in [-0.25, -0.2) is 9.67 Å². The van der Waals surface area contributed by atoms with E-state index in [0.717, 1.165) is 42.1 Å². The van der Waals surface area contributed by atoms with Crippen molar-refractivity contribution in [2.75, 3.05) is 0 Å². The van der Waals surface area contributed by atoms with Crippen molar-refractivity contribution in [3.05, 3.63) is 82.3 Å². The van der Waals surface area contributed by atoms with Crippen molar-refractivity contribution in [3.8, 4) is 0 Å². The van der Waals surface area contributed by atoms with Crippen LogP contribution in [-0.4, -0.2) is 26.2 Å². The fourth-order valence-corrected chi connectivity index (χ4v) is 4.41. The van der Waals surface area contributed by atoms with E-state index in [2.05, 4.69) is 55.6 Å². The van der Waals surface area contributed by atoms with E-state index in [1.165, 1.54) is 18.3 Å². The summed E-state index contributed by atoms with van der Waals surface area (Å²) in [5.74, 6) is 0.0105. The third kappa shape index (κ3) is 5.12. The van der Waals surface area contributed by atoms with Crippen LogP contribution >= 0.6 is 15.9 Å². The van der Waals surface area contributed by atoms with Crippen LogP contribution in [0.2, 0.25) is 0 Å². The topological polar surface area (TPSA) is 59.8 Å². The number of rotatable bonds is 6. The van der Waals surface area contributed by atoms with Gasteiger partial charge in [0.25, 0.3) is 5.91 Å². The van der Waals surface area contributed by atoms with Crippen LogP contribution in [0.3, 0.4) is 0 Å². The molecule has 3 aromatic rings. The number of amides is 1. The highest BCUT2D eigenvalue weighted by molar-refractivity contribution is 9.10. The Hall–Kier alpha value is -2.47. The number of aromatic nitrogens is 3. The summed E-state index contributed by atoms with van der Waals surface area (Å²) in [4.78, 5) is 17.0. The number of nitrogens with zero attached hydrogens (tertiary/aromatic N) is 3. The van der Waals surface area contributed by atoms with Crippen molar-refractivity contribution in [1.29, 1.82) is 0 Å². The van der Waals surface area contributed by atoms with Gasteiger partial charge in [0.1, 0.15) is 12.7 Å². The third-order valence-corrected chi connectivity index (χ3v) is 6.20. The van der Waals surface area contributed by atoms with Crippen LogP contribution in [-0.2, 0) is 13.0 Å². The molecule has 0 saturated heterocycles. The van der Waals surface area contributed by atoms with Crippen molar-refractivity contribution in [2.24, 2.45) is 0 Å². The number of halogens is 1. The largest absolute Gasteiger partial charge is 0.346 e. The summed E-state index contributed by atoms with van der Waals surface area (Å²) in [6, 6.07) is 16.2. The molecule has 1 aliphatic rings. The van der Waals surface area contributed by atoms with Crippen LogP contribution < -0.4 is 5.32 Å². The first kappa shape index (κ1) is 19.8. The van der Waals surface area contributed by atoms with E-state index in [4.69, 9.17) is 0 Å². The van der Waals surface area contributed by atoms with E-state index in [0.29, 0.717) is 12.1 Å². The molecule has 4 rings (SSSR count). The predicted octanol–water partition coefficient (Wildman–Crippen LogP) is 4.76. The summed E-state index contributed by atoms with van der Waals surface area (Å²) in [5, 5.41) is 7.52. The lowest BCUT2D eigenvalue weighted by Crippen LogP contribution is -2.51. The number of carbonyl (C=O) groups excluding carboxylic acids is 1. The first-order chi connectivity index (χ1) is 14.1. The molecule has 1 saturated carbocycles. The van der Waals surface area contributed by atoms with Crippen molar-refractivity contribution in [3.63, 3.8) is 0 Å². The Morgan fingerprint density at radius 2 is 1.69 bits per heavy atom. The van der Waals surface area contributed by atoms with Gasteiger partial charge in [0, 0.05) is 15.6 Å². The predicted molar refractivity (Wildman–Crippen MR) is 117 cm³/mol. The smallest absolute Gasteiger partial charge is 0.251 e. The number of hydrogen-bond acceptors (Lipinski definition) is 3. The fourth-order valence-electron chi connectivity index (χ4n) is 4.14. The Labute approximate surface area is 179 Å². The highest BCUT2D eigenvalue weighted by Gasteiger charge is 2.34. The Morgan fingerprint density at radius 3 is 2.34 bits per heavy atom. The van der Waals surface area contributed by atoms with E-state index < -0.39 is 0 Å². The first-order valence-corrected chi connectivity index (χ1v) is 10.9. The molecule has 0 radical (unpaired) electrons. The highest BCUT2D eigenvalue weighted by atomic mass is 79.9. The number of benzene rings is 2. The van der Waals surface area contributed by atoms with Crippen LogP contribution in [0.4, 0.5) is 0 Å². The van der Waals surface area contributed by atoms with Crippen molar-refractivity contribution in [2.45, 2.75) is 50.6 Å². The molecule has 1 aromatic heterocycles. The Balaban J connectivity index is 1.46. The maximum atomic E-state index is 13.0. The second-order valence-corrected chi connectivity index (χ2v) is 8.80. The molecule has 1 heterocycles. The van der Waals surface area contributed by atoms with E-state index in [-0.39, 0.29) is 11.4 Å². The normalized spacial score (nSPS) is 15.8. The molecule has 0 atom stereocenters. The molecular weight excluding hydrogens is 428 g/mol. The van der Waals surface area contributed by atoms with Crippen LogP contribution in [0.5, 0.6) is 0 Å². The van der Waals surface area contributed by atoms with Crippen LogP contribution in [0, 0.1) is 0 Å². The summed E-state index contributed by atoms with van der Waals surface area (Å²) in [7, 11) is 0. The van der Waals surface area contributed by atoms with Crippen LogP contribution in [0.15, 0.2) is 65.7 Å². The summed E-state index contributed by atoms with van der Waals surface area (Å²) in [5.41, 5.74) is 2.89. The molecule has 0 bridgehead atoms. The van der Waals surface area contributed by atoms with Crippen molar-refractivity contribution >= 4 is 21.8 Å². The van der Waals surface area contributed by atoms with Gasteiger partial charge in [-0.3, -0.25) is 4.79 Å². The van der Waals surface area contributed by atoms with Crippen molar-refractivity contribution in [1.82, 2.24) is 20.1 Å². The van der Waals surface area contributed by atoms with Gasteiger partial charge in [0.05, 0.1) is 6.54 Å². The van der Waals surface area contributed by atoms with Gasteiger partial charge in [0.15, 0.2) is 0 Å². The van der Waals surface area contributed by atoms with Gasteiger partial charge < -0.3 is 5.32 Å². The number of hydrogen-bond donors (Lipinski definition) is 1. The molecule has 5 nitrogen and oxygen atoms in total. The van der Waals surface area contributed by atoms with Gasteiger partial charge in [0.2, 0.25) is 0 Å². The Bertz CT molecular complexity index is 930. The van der Waals surface area contributed by atoms with Crippen LogP contribution in [0.25, 0.3) is 0 Å². The molecule has 150 valence electrons. The van der Waals surface area contributed by atoms with Gasteiger partial charge in [-0.15, -0.1) is 0 Å². The SMILES string of the molecule is O=C(NC1(Cc2ccc(Br)cc2)CCCCC1)c1ccc(Cn2cncn2)cc1. The lowest BCUT2D eigenvalue weighted by atomic mass is 9.77. The Kier molecular flexibility index (Phi) is 6.09. The summed E-state index contributed by atoms with van der Waals surface area (Å²) in [6.45, 7) is 0.648. The standard InChI is InChI=1S/C23H25BrN4O/c24-21-10-6-18(7-11-21)14-23(12-2-1-3-13-23)27-22(29)20-8-4-19(5-9-20)15-28-17-25-16-26-28/h4-11,16-17H,1-3,12-15H2,(H,27,29). The number of carbonyl (C=O) groups is 1. The monoisotopic (exact) mass is 452 g/mol. The van der Waals surface area contributed by atoms with Gasteiger partial charge in [-0.1, -0.05) is 59.5 Å². The van der Waals surface area contributed by atoms with Gasteiger partial charge in [-0.05, 0) is 54.7 Å². The summed E-state index contributed by atoms with van der Waals surface area (Å²) < 4.78 is 2.85. The second-order valence-electron chi connectivity index (χ2n) is 7.89. The number of nitrogens with one attached hydrogen (secondary N) is 1. The molecule has 1 amide bonds. The lowest BCUT2D eigenvalue weighted by molar-refractivity contribution is 0.0868. The average molecular weight is 453 g/mol. The zero-order chi connectivity index (χ0) is 20.1. The van der Waals surface area contributed by atoms with Crippen LogP contribution in [0.1, 0.15) is 53.6 Å². The minimum Gasteiger partial charge on any atom is -0.346 e. The maximum absolute atomic E-state index is 13.0. The lowest BCUT2D eigenvalue weighted by Gasteiger charge is -2.38. The molecule has 0 unspecified atom stereocenters. The molecular formula is C23H25BrN4O. The molecule has 1 fully saturated rings. The molecule has 2 aromatic carbocycles. The van der Waals surface area contributed by atoms with Gasteiger partial charge in [-0.2, -0.15) is 5.10 Å². The molecule has 1 aliphatic carbocycles. The zero-order valence-electron chi connectivity index (χ0n) is 16.4. The molecule has 1 N–H and O–H groups in total. The minimum absolute atomic E-state index is 0.0105. The maximum Gasteiger partial charge on any atom is 0.251 e. The summed E-state index contributed by atoms with van der Waals surface area (Å²) >= 11 is 3.50. The molecule has 0 spiro atoms. The summed E-state index contributed by atoms with van der Waals surface area (Å²) in [6.07, 6.45) is 9.71. The second kappa shape index (κ2) is 8.91. The molecule has 29 heavy (non-hydrogen) atoms. The third-order valence-electron chi connectivity index (χ3n) is 5.67. The van der Waals surface area contributed by atoms with E-state index >= 15 is 0 Å².